The summed E-state index contributed by atoms with van der Waals surface area (Å²) in [6.07, 6.45) is 0. The third-order valence-electron chi connectivity index (χ3n) is 3.65. The summed E-state index contributed by atoms with van der Waals surface area (Å²) in [6.45, 7) is 4.14. The topological polar surface area (TPSA) is 81.5 Å². The molecule has 1 amide bonds. The highest BCUT2D eigenvalue weighted by atomic mass is 35.5. The number of methoxy groups -OCH3 is 1. The molecule has 0 radical (unpaired) electrons. The average Bonchev–Trinajstić information content (AvgIpc) is 3.01. The number of nitrogens with one attached hydrogen (secondary N) is 1. The van der Waals surface area contributed by atoms with Crippen molar-refractivity contribution in [3.8, 4) is 11.4 Å². The second-order valence-electron chi connectivity index (χ2n) is 5.59. The lowest BCUT2D eigenvalue weighted by Crippen LogP contribution is -2.33. The number of benzene rings is 1. The molecule has 144 valence electrons. The van der Waals surface area contributed by atoms with E-state index in [1.807, 2.05) is 31.3 Å². The minimum atomic E-state index is -0.140. The van der Waals surface area contributed by atoms with Crippen molar-refractivity contribution in [3.63, 3.8) is 0 Å². The van der Waals surface area contributed by atoms with E-state index >= 15 is 0 Å². The molecule has 0 saturated carbocycles. The van der Waals surface area contributed by atoms with E-state index in [0.717, 1.165) is 18.0 Å². The van der Waals surface area contributed by atoms with Gasteiger partial charge in [0.1, 0.15) is 12.4 Å². The first-order valence-electron chi connectivity index (χ1n) is 8.13. The Morgan fingerprint density at radius 2 is 1.92 bits per heavy atom. The van der Waals surface area contributed by atoms with Gasteiger partial charge in [0.25, 0.3) is 5.91 Å². The van der Waals surface area contributed by atoms with Crippen LogP contribution in [-0.2, 0) is 4.74 Å². The molecule has 2 aromatic rings. The Hall–Kier alpha value is -2.16. The number of carbonyl (C=O) groups is 1. The van der Waals surface area contributed by atoms with Crippen LogP contribution < -0.4 is 10.1 Å². The van der Waals surface area contributed by atoms with Crippen molar-refractivity contribution in [3.05, 3.63) is 35.7 Å². The Morgan fingerprint density at radius 1 is 1.23 bits per heavy atom. The zero-order chi connectivity index (χ0) is 18.2. The van der Waals surface area contributed by atoms with Crippen molar-refractivity contribution in [2.75, 3.05) is 47.5 Å². The number of amides is 1. The van der Waals surface area contributed by atoms with Gasteiger partial charge in [-0.2, -0.15) is 9.90 Å². The third-order valence-corrected chi connectivity index (χ3v) is 3.65. The van der Waals surface area contributed by atoms with E-state index in [1.165, 1.54) is 4.80 Å². The molecule has 9 heteroatoms. The van der Waals surface area contributed by atoms with Crippen molar-refractivity contribution in [2.45, 2.75) is 6.92 Å². The van der Waals surface area contributed by atoms with Gasteiger partial charge in [0.15, 0.2) is 5.69 Å². The molecule has 1 N–H and O–H groups in total. The maximum absolute atomic E-state index is 12.5. The highest BCUT2D eigenvalue weighted by Crippen LogP contribution is 2.15. The average molecular weight is 384 g/mol. The fraction of sp³-hybridized carbons (Fsp3) is 0.471. The number of hydrogen-bond donors (Lipinski definition) is 1. The summed E-state index contributed by atoms with van der Waals surface area (Å²) in [5.41, 5.74) is 1.72. The maximum Gasteiger partial charge on any atom is 0.276 e. The van der Waals surface area contributed by atoms with E-state index in [9.17, 15) is 4.79 Å². The normalized spacial score (nSPS) is 10.3. The predicted molar refractivity (Wildman–Crippen MR) is 102 cm³/mol. The van der Waals surface area contributed by atoms with E-state index < -0.39 is 0 Å². The molecule has 26 heavy (non-hydrogen) atoms. The van der Waals surface area contributed by atoms with Gasteiger partial charge < -0.3 is 19.7 Å². The molecule has 0 aliphatic carbocycles. The van der Waals surface area contributed by atoms with Gasteiger partial charge in [-0.3, -0.25) is 4.79 Å². The predicted octanol–water partition coefficient (Wildman–Crippen LogP) is 1.31. The van der Waals surface area contributed by atoms with Gasteiger partial charge in [0.2, 0.25) is 0 Å². The molecular weight excluding hydrogens is 358 g/mol. The largest absolute Gasteiger partial charge is 0.491 e. The Labute approximate surface area is 159 Å². The quantitative estimate of drug-likeness (QED) is 0.657. The molecule has 1 aromatic carbocycles. The van der Waals surface area contributed by atoms with Crippen LogP contribution in [0.1, 0.15) is 16.2 Å². The molecule has 0 spiro atoms. The van der Waals surface area contributed by atoms with Crippen LogP contribution in [0, 0.1) is 6.92 Å². The molecule has 0 unspecified atom stereocenters. The van der Waals surface area contributed by atoms with Crippen LogP contribution in [0.4, 0.5) is 0 Å². The number of carbonyl (C=O) groups excluding carboxylic acids is 1. The summed E-state index contributed by atoms with van der Waals surface area (Å²) >= 11 is 0. The van der Waals surface area contributed by atoms with E-state index in [0.29, 0.717) is 31.1 Å². The van der Waals surface area contributed by atoms with Crippen molar-refractivity contribution in [1.29, 1.82) is 0 Å². The summed E-state index contributed by atoms with van der Waals surface area (Å²) in [4.78, 5) is 15.6. The van der Waals surface area contributed by atoms with Gasteiger partial charge in [-0.15, -0.1) is 17.5 Å². The van der Waals surface area contributed by atoms with Gasteiger partial charge in [0, 0.05) is 27.2 Å². The maximum atomic E-state index is 12.5. The minimum absolute atomic E-state index is 0. The molecule has 0 saturated heterocycles. The van der Waals surface area contributed by atoms with Crippen LogP contribution in [0.25, 0.3) is 5.69 Å². The van der Waals surface area contributed by atoms with Crippen molar-refractivity contribution >= 4 is 18.3 Å². The highest BCUT2D eigenvalue weighted by Gasteiger charge is 2.19. The smallest absolute Gasteiger partial charge is 0.276 e. The van der Waals surface area contributed by atoms with Gasteiger partial charge >= 0.3 is 0 Å². The molecule has 0 aliphatic rings. The third kappa shape index (κ3) is 5.69. The van der Waals surface area contributed by atoms with Gasteiger partial charge in [-0.25, -0.2) is 0 Å². The van der Waals surface area contributed by atoms with Crippen LogP contribution in [0.15, 0.2) is 24.3 Å². The minimum Gasteiger partial charge on any atom is -0.491 e. The van der Waals surface area contributed by atoms with Crippen LogP contribution in [0.5, 0.6) is 5.75 Å². The van der Waals surface area contributed by atoms with E-state index in [4.69, 9.17) is 9.47 Å². The molecule has 1 aromatic heterocycles. The number of aryl methyl sites for hydroxylation is 1. The van der Waals surface area contributed by atoms with E-state index in [2.05, 4.69) is 15.5 Å². The standard InChI is InChI=1S/C17H25N5O3.ClH/c1-13-16(17(23)21(3)10-9-18-2)20-22(19-13)14-5-7-15(8-6-14)25-12-11-24-4;/h5-8,18H,9-12H2,1-4H3;1H. The zero-order valence-corrected chi connectivity index (χ0v) is 16.4. The first-order chi connectivity index (χ1) is 12.1. The summed E-state index contributed by atoms with van der Waals surface area (Å²) in [6, 6.07) is 7.37. The lowest BCUT2D eigenvalue weighted by atomic mass is 10.3. The molecule has 8 nitrogen and oxygen atoms in total. The molecule has 0 fully saturated rings. The van der Waals surface area contributed by atoms with Gasteiger partial charge in [-0.05, 0) is 38.2 Å². The Balaban J connectivity index is 0.00000338. The fourth-order valence-electron chi connectivity index (χ4n) is 2.17. The van der Waals surface area contributed by atoms with Crippen LogP contribution >= 0.6 is 12.4 Å². The second-order valence-corrected chi connectivity index (χ2v) is 5.59. The summed E-state index contributed by atoms with van der Waals surface area (Å²) < 4.78 is 10.5. The summed E-state index contributed by atoms with van der Waals surface area (Å²) in [7, 11) is 5.24. The molecule has 1 heterocycles. The van der Waals surface area contributed by atoms with Gasteiger partial charge in [-0.1, -0.05) is 0 Å². The van der Waals surface area contributed by atoms with Gasteiger partial charge in [0.05, 0.1) is 18.0 Å². The number of ether oxygens (including phenoxy) is 2. The zero-order valence-electron chi connectivity index (χ0n) is 15.6. The number of nitrogens with zero attached hydrogens (tertiary/aromatic N) is 4. The second kappa shape index (κ2) is 10.7. The molecule has 0 atom stereocenters. The van der Waals surface area contributed by atoms with Crippen molar-refractivity contribution in [2.24, 2.45) is 0 Å². The number of halogens is 1. The van der Waals surface area contributed by atoms with Crippen LogP contribution in [0.3, 0.4) is 0 Å². The molecule has 0 bridgehead atoms. The first kappa shape index (κ1) is 21.9. The molecule has 0 aliphatic heterocycles. The number of aromatic nitrogens is 3. The molecule has 2 rings (SSSR count). The van der Waals surface area contributed by atoms with Crippen molar-refractivity contribution < 1.29 is 14.3 Å². The van der Waals surface area contributed by atoms with E-state index in [-0.39, 0.29) is 18.3 Å². The van der Waals surface area contributed by atoms with Crippen LogP contribution in [-0.4, -0.2) is 73.3 Å². The Kier molecular flexibility index (Phi) is 9.04. The lowest BCUT2D eigenvalue weighted by Gasteiger charge is -2.15. The summed E-state index contributed by atoms with van der Waals surface area (Å²) in [5.74, 6) is 0.603. The number of hydrogen-bond acceptors (Lipinski definition) is 6. The summed E-state index contributed by atoms with van der Waals surface area (Å²) in [5, 5.41) is 11.7. The highest BCUT2D eigenvalue weighted by molar-refractivity contribution is 5.93. The lowest BCUT2D eigenvalue weighted by molar-refractivity contribution is 0.0790. The number of rotatable bonds is 9. The molecular formula is C17H26ClN5O3. The van der Waals surface area contributed by atoms with E-state index in [1.54, 1.807) is 26.0 Å². The first-order valence-corrected chi connectivity index (χ1v) is 8.13. The fourth-order valence-corrected chi connectivity index (χ4v) is 2.17. The SMILES string of the molecule is CNCCN(C)C(=O)c1nn(-c2ccc(OCCOC)cc2)nc1C.Cl. The van der Waals surface area contributed by atoms with Crippen molar-refractivity contribution in [1.82, 2.24) is 25.2 Å². The van der Waals surface area contributed by atoms with Crippen LogP contribution in [0.2, 0.25) is 0 Å². The Bertz CT molecular complexity index is 690. The Morgan fingerprint density at radius 3 is 2.54 bits per heavy atom. The monoisotopic (exact) mass is 383 g/mol. The number of likely N-dealkylation sites (N-methyl/N-ethyl adjacent to an activating group) is 2.